The first-order valence-corrected chi connectivity index (χ1v) is 5.17. The Hall–Kier alpha value is -2.37. The minimum atomic E-state index is -0.323. The Balaban J connectivity index is 1.97. The Morgan fingerprint density at radius 1 is 1.53 bits per heavy atom. The molecule has 1 aromatic heterocycles. The van der Waals surface area contributed by atoms with Crippen molar-refractivity contribution in [3.05, 3.63) is 41.2 Å². The fourth-order valence-electron chi connectivity index (χ4n) is 1.46. The Morgan fingerprint density at radius 2 is 2.35 bits per heavy atom. The monoisotopic (exact) mass is 231 g/mol. The first-order valence-electron chi connectivity index (χ1n) is 5.17. The third-order valence-electron chi connectivity index (χ3n) is 2.25. The summed E-state index contributed by atoms with van der Waals surface area (Å²) in [6.07, 6.45) is 0. The second-order valence-electron chi connectivity index (χ2n) is 3.71. The molecule has 0 atom stereocenters. The van der Waals surface area contributed by atoms with Gasteiger partial charge in [0.1, 0.15) is 0 Å². The molecule has 2 rings (SSSR count). The van der Waals surface area contributed by atoms with Gasteiger partial charge in [0.25, 0.3) is 5.91 Å². The average Bonchev–Trinajstić information content (AvgIpc) is 2.73. The second-order valence-corrected chi connectivity index (χ2v) is 3.71. The van der Waals surface area contributed by atoms with E-state index in [1.54, 1.807) is 0 Å². The van der Waals surface area contributed by atoms with Gasteiger partial charge in [-0.15, -0.1) is 5.10 Å². The van der Waals surface area contributed by atoms with Crippen LogP contribution in [-0.4, -0.2) is 21.1 Å². The summed E-state index contributed by atoms with van der Waals surface area (Å²) in [6, 6.07) is 7.91. The fraction of sp³-hybridized carbons (Fsp3) is 0.182. The van der Waals surface area contributed by atoms with E-state index in [1.807, 2.05) is 31.2 Å². The van der Waals surface area contributed by atoms with Crippen LogP contribution in [0.15, 0.2) is 24.3 Å². The smallest absolute Gasteiger partial charge is 0.288 e. The van der Waals surface area contributed by atoms with Crippen molar-refractivity contribution in [2.75, 3.05) is 5.73 Å². The van der Waals surface area contributed by atoms with Crippen molar-refractivity contribution in [2.24, 2.45) is 0 Å². The van der Waals surface area contributed by atoms with Gasteiger partial charge in [-0.05, 0) is 12.5 Å². The van der Waals surface area contributed by atoms with Crippen molar-refractivity contribution >= 4 is 11.9 Å². The highest BCUT2D eigenvalue weighted by Gasteiger charge is 2.09. The van der Waals surface area contributed by atoms with Crippen molar-refractivity contribution in [1.29, 1.82) is 0 Å². The minimum Gasteiger partial charge on any atom is -0.366 e. The van der Waals surface area contributed by atoms with E-state index in [1.165, 1.54) is 0 Å². The van der Waals surface area contributed by atoms with Gasteiger partial charge in [0.2, 0.25) is 11.8 Å². The maximum atomic E-state index is 11.6. The number of hydrogen-bond acceptors (Lipinski definition) is 4. The predicted molar refractivity (Wildman–Crippen MR) is 63.1 cm³/mol. The molecule has 0 spiro atoms. The normalized spacial score (nSPS) is 10.2. The summed E-state index contributed by atoms with van der Waals surface area (Å²) >= 11 is 0. The van der Waals surface area contributed by atoms with E-state index in [2.05, 4.69) is 20.5 Å². The topological polar surface area (TPSA) is 96.7 Å². The molecule has 0 aliphatic carbocycles. The summed E-state index contributed by atoms with van der Waals surface area (Å²) in [5.74, 6) is -0.142. The number of hydrogen-bond donors (Lipinski definition) is 3. The van der Waals surface area contributed by atoms with E-state index in [-0.39, 0.29) is 17.7 Å². The van der Waals surface area contributed by atoms with Crippen LogP contribution in [0.25, 0.3) is 0 Å². The molecular formula is C11H13N5O. The SMILES string of the molecule is Cc1cccc(CNC(=O)c2nc(N)n[nH]2)c1. The third-order valence-corrected chi connectivity index (χ3v) is 2.25. The summed E-state index contributed by atoms with van der Waals surface area (Å²) in [5, 5.41) is 8.77. The highest BCUT2D eigenvalue weighted by molar-refractivity contribution is 5.90. The molecule has 6 heteroatoms. The second kappa shape index (κ2) is 4.65. The van der Waals surface area contributed by atoms with Crippen LogP contribution in [0.3, 0.4) is 0 Å². The zero-order valence-electron chi connectivity index (χ0n) is 9.40. The summed E-state index contributed by atoms with van der Waals surface area (Å²) in [4.78, 5) is 15.4. The zero-order chi connectivity index (χ0) is 12.3. The lowest BCUT2D eigenvalue weighted by Gasteiger charge is -2.03. The molecule has 0 bridgehead atoms. The number of nitrogens with two attached hydrogens (primary N) is 1. The van der Waals surface area contributed by atoms with Gasteiger partial charge in [-0.1, -0.05) is 29.8 Å². The first kappa shape index (κ1) is 11.1. The fourth-order valence-corrected chi connectivity index (χ4v) is 1.46. The third kappa shape index (κ3) is 2.81. The lowest BCUT2D eigenvalue weighted by molar-refractivity contribution is 0.0941. The van der Waals surface area contributed by atoms with Gasteiger partial charge < -0.3 is 11.1 Å². The number of H-pyrrole nitrogens is 1. The van der Waals surface area contributed by atoms with Crippen molar-refractivity contribution in [1.82, 2.24) is 20.5 Å². The molecule has 0 radical (unpaired) electrons. The van der Waals surface area contributed by atoms with Gasteiger partial charge in [0.05, 0.1) is 0 Å². The molecule has 17 heavy (non-hydrogen) atoms. The van der Waals surface area contributed by atoms with Crippen LogP contribution in [0.5, 0.6) is 0 Å². The number of aromatic amines is 1. The molecule has 1 amide bonds. The van der Waals surface area contributed by atoms with E-state index in [9.17, 15) is 4.79 Å². The number of amides is 1. The van der Waals surface area contributed by atoms with Gasteiger partial charge in [-0.25, -0.2) is 0 Å². The summed E-state index contributed by atoms with van der Waals surface area (Å²) in [5.41, 5.74) is 7.50. The Kier molecular flexibility index (Phi) is 3.04. The molecule has 0 saturated heterocycles. The van der Waals surface area contributed by atoms with Crippen LogP contribution in [0.2, 0.25) is 0 Å². The van der Waals surface area contributed by atoms with Gasteiger partial charge >= 0.3 is 0 Å². The van der Waals surface area contributed by atoms with Gasteiger partial charge in [-0.2, -0.15) is 4.98 Å². The molecule has 0 aliphatic rings. The lowest BCUT2D eigenvalue weighted by Crippen LogP contribution is -2.24. The van der Waals surface area contributed by atoms with E-state index in [0.29, 0.717) is 6.54 Å². The van der Waals surface area contributed by atoms with Gasteiger partial charge in [-0.3, -0.25) is 9.89 Å². The molecule has 2 aromatic rings. The number of nitrogen functional groups attached to an aromatic ring is 1. The molecular weight excluding hydrogens is 218 g/mol. The van der Waals surface area contributed by atoms with Crippen molar-refractivity contribution in [3.8, 4) is 0 Å². The van der Waals surface area contributed by atoms with Crippen LogP contribution in [0, 0.1) is 6.92 Å². The van der Waals surface area contributed by atoms with Gasteiger partial charge in [0.15, 0.2) is 0 Å². The van der Waals surface area contributed by atoms with Crippen LogP contribution >= 0.6 is 0 Å². The number of carbonyl (C=O) groups is 1. The van der Waals surface area contributed by atoms with Crippen molar-refractivity contribution in [2.45, 2.75) is 13.5 Å². The number of aromatic nitrogens is 3. The van der Waals surface area contributed by atoms with E-state index < -0.39 is 0 Å². The quantitative estimate of drug-likeness (QED) is 0.721. The Labute approximate surface area is 98.3 Å². The van der Waals surface area contributed by atoms with Crippen LogP contribution in [-0.2, 0) is 6.54 Å². The Morgan fingerprint density at radius 3 is 3.00 bits per heavy atom. The van der Waals surface area contributed by atoms with Crippen molar-refractivity contribution < 1.29 is 4.79 Å². The van der Waals surface area contributed by atoms with Gasteiger partial charge in [0, 0.05) is 6.54 Å². The minimum absolute atomic E-state index is 0.0608. The van der Waals surface area contributed by atoms with Crippen LogP contribution < -0.4 is 11.1 Å². The van der Waals surface area contributed by atoms with Crippen molar-refractivity contribution in [3.63, 3.8) is 0 Å². The van der Waals surface area contributed by atoms with E-state index in [4.69, 9.17) is 5.73 Å². The molecule has 1 aromatic carbocycles. The number of nitrogens with zero attached hydrogens (tertiary/aromatic N) is 2. The number of carbonyl (C=O) groups excluding carboxylic acids is 1. The summed E-state index contributed by atoms with van der Waals surface area (Å²) in [7, 11) is 0. The molecule has 4 N–H and O–H groups in total. The molecule has 0 saturated carbocycles. The number of rotatable bonds is 3. The molecule has 0 unspecified atom stereocenters. The molecule has 6 nitrogen and oxygen atoms in total. The van der Waals surface area contributed by atoms with E-state index in [0.717, 1.165) is 11.1 Å². The molecule has 0 aliphatic heterocycles. The maximum Gasteiger partial charge on any atom is 0.288 e. The average molecular weight is 231 g/mol. The predicted octanol–water partition coefficient (Wildman–Crippen LogP) is 0.625. The highest BCUT2D eigenvalue weighted by atomic mass is 16.2. The largest absolute Gasteiger partial charge is 0.366 e. The lowest BCUT2D eigenvalue weighted by atomic mass is 10.1. The van der Waals surface area contributed by atoms with Crippen LogP contribution in [0.4, 0.5) is 5.95 Å². The molecule has 1 heterocycles. The molecule has 0 fully saturated rings. The highest BCUT2D eigenvalue weighted by Crippen LogP contribution is 2.03. The summed E-state index contributed by atoms with van der Waals surface area (Å²) < 4.78 is 0. The maximum absolute atomic E-state index is 11.6. The number of benzene rings is 1. The summed E-state index contributed by atoms with van der Waals surface area (Å²) in [6.45, 7) is 2.45. The number of anilines is 1. The molecule has 88 valence electrons. The zero-order valence-corrected chi connectivity index (χ0v) is 9.40. The first-order chi connectivity index (χ1) is 8.15. The number of nitrogens with one attached hydrogen (secondary N) is 2. The van der Waals surface area contributed by atoms with E-state index >= 15 is 0 Å². The Bertz CT molecular complexity index is 534. The van der Waals surface area contributed by atoms with Crippen LogP contribution in [0.1, 0.15) is 21.7 Å². The number of aryl methyl sites for hydroxylation is 1. The standard InChI is InChI=1S/C11H13N5O/c1-7-3-2-4-8(5-7)6-13-10(17)9-14-11(12)16-15-9/h2-5H,6H2,1H3,(H,13,17)(H3,12,14,15,16).